The Bertz CT molecular complexity index is 1070. The number of piperidine rings is 1. The first kappa shape index (κ1) is 24.3. The van der Waals surface area contributed by atoms with Crippen LogP contribution in [0.15, 0.2) is 73.4 Å². The zero-order valence-electron chi connectivity index (χ0n) is 18.2. The van der Waals surface area contributed by atoms with Gasteiger partial charge in [0.15, 0.2) is 0 Å². The molecule has 0 atom stereocenters. The van der Waals surface area contributed by atoms with Crippen LogP contribution in [-0.2, 0) is 13.0 Å². The molecule has 0 amide bonds. The van der Waals surface area contributed by atoms with Crippen LogP contribution in [0.25, 0.3) is 16.6 Å². The molecule has 0 aliphatic carbocycles. The first-order valence-corrected chi connectivity index (χ1v) is 11.1. The molecular formula is C25H31Cl2N5. The van der Waals surface area contributed by atoms with E-state index in [-0.39, 0.29) is 24.8 Å². The first-order chi connectivity index (χ1) is 14.8. The molecule has 5 rings (SSSR count). The number of likely N-dealkylation sites (tertiary alicyclic amines) is 1. The molecule has 2 aromatic heterocycles. The van der Waals surface area contributed by atoms with Gasteiger partial charge in [0.1, 0.15) is 12.7 Å². The molecule has 4 aromatic rings. The minimum absolute atomic E-state index is 0. The van der Waals surface area contributed by atoms with Gasteiger partial charge < -0.3 is 9.47 Å². The standard InChI is InChI=1S/C25H29N5.2ClH/c1-2-5-21(6-3-1)17-22-9-14-28(15-10-22)12-4-13-29-16-11-23-7-8-24(18-25(23)29)30-19-26-27-20-30;;/h1-3,5-8,11,16,18-20,22H,4,9-10,12-15,17H2;2*1H. The Morgan fingerprint density at radius 3 is 2.34 bits per heavy atom. The fraction of sp³-hybridized carbons (Fsp3) is 0.360. The molecule has 0 N–H and O–H groups in total. The second-order valence-corrected chi connectivity index (χ2v) is 8.45. The predicted molar refractivity (Wildman–Crippen MR) is 135 cm³/mol. The van der Waals surface area contributed by atoms with Crippen LogP contribution < -0.4 is 0 Å². The van der Waals surface area contributed by atoms with E-state index in [4.69, 9.17) is 0 Å². The molecule has 0 radical (unpaired) electrons. The van der Waals surface area contributed by atoms with E-state index in [0.717, 1.165) is 18.2 Å². The van der Waals surface area contributed by atoms with Crippen LogP contribution in [0.1, 0.15) is 24.8 Å². The third-order valence-electron chi connectivity index (χ3n) is 6.42. The second kappa shape index (κ2) is 11.5. The molecule has 32 heavy (non-hydrogen) atoms. The summed E-state index contributed by atoms with van der Waals surface area (Å²) in [6.45, 7) is 4.71. The molecule has 1 aliphatic rings. The van der Waals surface area contributed by atoms with Crippen LogP contribution >= 0.6 is 24.8 Å². The zero-order valence-corrected chi connectivity index (χ0v) is 19.8. The van der Waals surface area contributed by atoms with Gasteiger partial charge in [0.25, 0.3) is 0 Å². The van der Waals surface area contributed by atoms with Crippen LogP contribution in [0, 0.1) is 5.92 Å². The zero-order chi connectivity index (χ0) is 20.2. The SMILES string of the molecule is Cl.Cl.c1ccc(CC2CCN(CCCn3ccc4ccc(-n5cnnc5)cc43)CC2)cc1. The molecule has 2 aromatic carbocycles. The van der Waals surface area contributed by atoms with Crippen molar-refractivity contribution in [2.45, 2.75) is 32.2 Å². The Hall–Kier alpha value is -2.34. The molecule has 3 heterocycles. The minimum Gasteiger partial charge on any atom is -0.347 e. The Balaban J connectivity index is 0.00000144. The molecule has 7 heteroatoms. The lowest BCUT2D eigenvalue weighted by Gasteiger charge is -2.32. The number of nitrogens with zero attached hydrogens (tertiary/aromatic N) is 5. The lowest BCUT2D eigenvalue weighted by Crippen LogP contribution is -2.35. The third-order valence-corrected chi connectivity index (χ3v) is 6.42. The van der Waals surface area contributed by atoms with Gasteiger partial charge in [-0.3, -0.25) is 4.57 Å². The molecule has 1 aliphatic heterocycles. The summed E-state index contributed by atoms with van der Waals surface area (Å²) in [6.07, 6.45) is 10.8. The minimum atomic E-state index is 0. The number of aryl methyl sites for hydroxylation is 1. The van der Waals surface area contributed by atoms with E-state index in [2.05, 4.69) is 80.5 Å². The molecule has 0 unspecified atom stereocenters. The number of hydrogen-bond donors (Lipinski definition) is 0. The highest BCUT2D eigenvalue weighted by Crippen LogP contribution is 2.23. The largest absolute Gasteiger partial charge is 0.347 e. The Labute approximate surface area is 202 Å². The van der Waals surface area contributed by atoms with E-state index in [1.165, 1.54) is 61.8 Å². The summed E-state index contributed by atoms with van der Waals surface area (Å²) in [4.78, 5) is 2.65. The number of hydrogen-bond acceptors (Lipinski definition) is 3. The number of halogens is 2. The molecule has 0 spiro atoms. The van der Waals surface area contributed by atoms with Gasteiger partial charge >= 0.3 is 0 Å². The van der Waals surface area contributed by atoms with Crippen molar-refractivity contribution in [3.05, 3.63) is 79.0 Å². The van der Waals surface area contributed by atoms with Crippen molar-refractivity contribution in [2.75, 3.05) is 19.6 Å². The molecule has 170 valence electrons. The fourth-order valence-corrected chi connectivity index (χ4v) is 4.69. The van der Waals surface area contributed by atoms with Crippen molar-refractivity contribution in [3.63, 3.8) is 0 Å². The molecule has 1 fully saturated rings. The van der Waals surface area contributed by atoms with E-state index in [1.54, 1.807) is 12.7 Å². The summed E-state index contributed by atoms with van der Waals surface area (Å²) in [6, 6.07) is 19.7. The average Bonchev–Trinajstić information content (AvgIpc) is 3.46. The Kier molecular flexibility index (Phi) is 8.74. The lowest BCUT2D eigenvalue weighted by molar-refractivity contribution is 0.180. The van der Waals surface area contributed by atoms with Gasteiger partial charge in [-0.05, 0) is 80.4 Å². The summed E-state index contributed by atoms with van der Waals surface area (Å²) >= 11 is 0. The van der Waals surface area contributed by atoms with Crippen molar-refractivity contribution in [1.29, 1.82) is 0 Å². The highest BCUT2D eigenvalue weighted by molar-refractivity contribution is 5.85. The van der Waals surface area contributed by atoms with Crippen molar-refractivity contribution >= 4 is 35.7 Å². The molecule has 0 saturated carbocycles. The highest BCUT2D eigenvalue weighted by Gasteiger charge is 2.19. The molecular weight excluding hydrogens is 441 g/mol. The quantitative estimate of drug-likeness (QED) is 0.361. The number of benzene rings is 2. The van der Waals surface area contributed by atoms with Gasteiger partial charge in [0.2, 0.25) is 0 Å². The van der Waals surface area contributed by atoms with E-state index in [0.29, 0.717) is 0 Å². The molecule has 5 nitrogen and oxygen atoms in total. The van der Waals surface area contributed by atoms with E-state index < -0.39 is 0 Å². The maximum Gasteiger partial charge on any atom is 0.123 e. The Morgan fingerprint density at radius 1 is 0.844 bits per heavy atom. The maximum atomic E-state index is 3.92. The normalized spacial score (nSPS) is 14.8. The fourth-order valence-electron chi connectivity index (χ4n) is 4.69. The summed E-state index contributed by atoms with van der Waals surface area (Å²) < 4.78 is 4.34. The molecule has 1 saturated heterocycles. The number of rotatable bonds is 7. The van der Waals surface area contributed by atoms with Gasteiger partial charge in [-0.25, -0.2) is 0 Å². The summed E-state index contributed by atoms with van der Waals surface area (Å²) in [7, 11) is 0. The summed E-state index contributed by atoms with van der Waals surface area (Å²) in [5.41, 5.74) is 3.87. The van der Waals surface area contributed by atoms with Crippen LogP contribution in [0.3, 0.4) is 0 Å². The Morgan fingerprint density at radius 2 is 1.59 bits per heavy atom. The maximum absolute atomic E-state index is 3.92. The van der Waals surface area contributed by atoms with Crippen molar-refractivity contribution < 1.29 is 0 Å². The van der Waals surface area contributed by atoms with Crippen molar-refractivity contribution in [1.82, 2.24) is 24.2 Å². The van der Waals surface area contributed by atoms with Gasteiger partial charge in [0, 0.05) is 12.7 Å². The van der Waals surface area contributed by atoms with Crippen LogP contribution in [0.5, 0.6) is 0 Å². The monoisotopic (exact) mass is 471 g/mol. The smallest absolute Gasteiger partial charge is 0.123 e. The van der Waals surface area contributed by atoms with Gasteiger partial charge in [0.05, 0.1) is 11.2 Å². The number of aromatic nitrogens is 4. The highest BCUT2D eigenvalue weighted by atomic mass is 35.5. The lowest BCUT2D eigenvalue weighted by atomic mass is 9.90. The average molecular weight is 472 g/mol. The first-order valence-electron chi connectivity index (χ1n) is 11.1. The van der Waals surface area contributed by atoms with Crippen LogP contribution in [-0.4, -0.2) is 43.9 Å². The van der Waals surface area contributed by atoms with Gasteiger partial charge in [-0.2, -0.15) is 0 Å². The van der Waals surface area contributed by atoms with Crippen molar-refractivity contribution in [3.8, 4) is 5.69 Å². The summed E-state index contributed by atoms with van der Waals surface area (Å²) in [5.74, 6) is 0.841. The molecule has 0 bridgehead atoms. The van der Waals surface area contributed by atoms with E-state index in [1.807, 2.05) is 4.57 Å². The predicted octanol–water partition coefficient (Wildman–Crippen LogP) is 5.41. The van der Waals surface area contributed by atoms with E-state index in [9.17, 15) is 0 Å². The van der Waals surface area contributed by atoms with Gasteiger partial charge in [-0.15, -0.1) is 35.0 Å². The van der Waals surface area contributed by atoms with Gasteiger partial charge in [-0.1, -0.05) is 36.4 Å². The third kappa shape index (κ3) is 5.71. The van der Waals surface area contributed by atoms with Crippen molar-refractivity contribution in [2.24, 2.45) is 5.92 Å². The topological polar surface area (TPSA) is 38.9 Å². The second-order valence-electron chi connectivity index (χ2n) is 8.45. The van der Waals surface area contributed by atoms with E-state index >= 15 is 0 Å². The van der Waals surface area contributed by atoms with Crippen LogP contribution in [0.2, 0.25) is 0 Å². The number of fused-ring (bicyclic) bond motifs is 1. The summed E-state index contributed by atoms with van der Waals surface area (Å²) in [5, 5.41) is 9.12. The van der Waals surface area contributed by atoms with Crippen LogP contribution in [0.4, 0.5) is 0 Å².